The Kier molecular flexibility index (Phi) is 12.3. The van der Waals surface area contributed by atoms with Crippen LogP contribution in [-0.4, -0.2) is 174 Å². The average molecular weight is 944 g/mol. The second kappa shape index (κ2) is 16.7. The molecule has 0 radical (unpaired) electrons. The van der Waals surface area contributed by atoms with Crippen molar-refractivity contribution in [3.05, 3.63) is 36.1 Å². The van der Waals surface area contributed by atoms with Gasteiger partial charge in [-0.1, -0.05) is 32.4 Å². The van der Waals surface area contributed by atoms with Gasteiger partial charge in [-0.15, -0.1) is 0 Å². The van der Waals surface area contributed by atoms with Crippen LogP contribution in [0.15, 0.2) is 36.1 Å². The quantitative estimate of drug-likeness (QED) is 0.113. The van der Waals surface area contributed by atoms with Gasteiger partial charge in [0.2, 0.25) is 12.1 Å². The Balaban J connectivity index is 1.07. The minimum absolute atomic E-state index is 0.0840. The number of aromatic nitrogens is 4. The van der Waals surface area contributed by atoms with Crippen LogP contribution in [0.3, 0.4) is 0 Å². The van der Waals surface area contributed by atoms with Gasteiger partial charge >= 0.3 is 0 Å². The van der Waals surface area contributed by atoms with Gasteiger partial charge in [-0.2, -0.15) is 0 Å². The van der Waals surface area contributed by atoms with Gasteiger partial charge in [0.05, 0.1) is 42.7 Å². The number of rotatable bonds is 12. The molecule has 2 saturated carbocycles. The number of Topliss-reactive ketones (excluding diaryl/α,β-unsaturated/α-hetero) is 3. The lowest BCUT2D eigenvalue weighted by Gasteiger charge is -2.63. The van der Waals surface area contributed by atoms with E-state index < -0.39 is 149 Å². The normalized spacial score (nSPS) is 42.0. The number of allylic oxidation sites excluding steroid dienone is 4. The number of ketones is 3. The Labute approximate surface area is 386 Å². The number of aliphatic hydroxyl groups excluding tert-OH is 8. The van der Waals surface area contributed by atoms with Crippen molar-refractivity contribution in [3.8, 4) is 0 Å². The highest BCUT2D eigenvalue weighted by molar-refractivity contribution is 6.02. The fourth-order valence-corrected chi connectivity index (χ4v) is 12.8. The molecular weight excluding hydrogens is 879 g/mol. The van der Waals surface area contributed by atoms with E-state index in [1.165, 1.54) is 44.1 Å². The van der Waals surface area contributed by atoms with Gasteiger partial charge in [0.15, 0.2) is 34.8 Å². The summed E-state index contributed by atoms with van der Waals surface area (Å²) in [5.74, 6) is -3.99. The van der Waals surface area contributed by atoms with Crippen LogP contribution in [0.4, 0.5) is 5.82 Å². The van der Waals surface area contributed by atoms with Gasteiger partial charge in [0.25, 0.3) is 0 Å². The van der Waals surface area contributed by atoms with Gasteiger partial charge < -0.3 is 70.6 Å². The molecule has 11 N–H and O–H groups in total. The molecule has 0 amide bonds. The van der Waals surface area contributed by atoms with Crippen molar-refractivity contribution in [1.29, 1.82) is 0 Å². The summed E-state index contributed by atoms with van der Waals surface area (Å²) in [5, 5.41) is 111. The number of ether oxygens (including phenoxy) is 3. The van der Waals surface area contributed by atoms with Crippen LogP contribution in [-0.2, 0) is 28.6 Å². The van der Waals surface area contributed by atoms with Crippen molar-refractivity contribution in [2.45, 2.75) is 160 Å². The first kappa shape index (κ1) is 49.6. The van der Waals surface area contributed by atoms with Gasteiger partial charge in [-0.3, -0.25) is 19.0 Å². The molecule has 4 fully saturated rings. The smallest absolute Gasteiger partial charge is 0.229 e. The molecule has 370 valence electrons. The standard InChI is InChI=1S/C46H65N5O16/c1-41(2)19-9-10-25-43(5)13-21(54)35(44(43,6)14-28(56)45(25,7)20(19)11-22(36(41)62)66-40-34(61)32(59)30(57)24(16-53)67-40)46(8,64)27(55)12-26(42(3,4)63)50-37-29-38(48-17-47-37)51(18-49-29)39-33(60)31(58)23(15-52)65-39/h9,11,17-18,20-21,23-26,30-35,39-40,52-54,57-61,63-64H,10,12-16H2,1-8H3,(H,47,48,50). The van der Waals surface area contributed by atoms with Crippen LogP contribution >= 0.6 is 0 Å². The Morgan fingerprint density at radius 3 is 2.16 bits per heavy atom. The van der Waals surface area contributed by atoms with Gasteiger partial charge in [-0.25, -0.2) is 15.0 Å². The Bertz CT molecular complexity index is 2360. The Morgan fingerprint density at radius 2 is 1.54 bits per heavy atom. The van der Waals surface area contributed by atoms with Crippen LogP contribution in [0.1, 0.15) is 87.3 Å². The SMILES string of the molecule is CC1(C)C(=O)C(OC2OC(CO)C(O)C(O)C2O)=CC2C1=CCC1C2(C)C(=O)CC2(C)C(C(C)(O)C(=O)CC(Nc3ncnc4c3ncn4C3OC(CO)C(O)C3O)C(C)(C)O)C(O)CC12C. The van der Waals surface area contributed by atoms with Crippen LogP contribution < -0.4 is 5.32 Å². The zero-order valence-corrected chi connectivity index (χ0v) is 38.8. The molecule has 4 aliphatic carbocycles. The molecule has 2 aromatic heterocycles. The van der Waals surface area contributed by atoms with Gasteiger partial charge in [-0.05, 0) is 70.3 Å². The number of carbonyl (C=O) groups excluding carboxylic acids is 3. The van der Waals surface area contributed by atoms with Crippen LogP contribution in [0.2, 0.25) is 0 Å². The average Bonchev–Trinajstić information content (AvgIpc) is 3.87. The summed E-state index contributed by atoms with van der Waals surface area (Å²) in [6.45, 7) is 12.0. The summed E-state index contributed by atoms with van der Waals surface area (Å²) in [6, 6.07) is -1.12. The minimum Gasteiger partial charge on any atom is -0.459 e. The summed E-state index contributed by atoms with van der Waals surface area (Å²) >= 11 is 0. The largest absolute Gasteiger partial charge is 0.459 e. The molecule has 21 heteroatoms. The predicted molar refractivity (Wildman–Crippen MR) is 232 cm³/mol. The number of hydrogen-bond acceptors (Lipinski definition) is 20. The fraction of sp³-hybridized carbons (Fsp3) is 0.739. The van der Waals surface area contributed by atoms with Crippen molar-refractivity contribution in [2.24, 2.45) is 39.4 Å². The maximum Gasteiger partial charge on any atom is 0.229 e. The monoisotopic (exact) mass is 943 g/mol. The van der Waals surface area contributed by atoms with Crippen molar-refractivity contribution in [3.63, 3.8) is 0 Å². The predicted octanol–water partition coefficient (Wildman–Crippen LogP) is -1.06. The highest BCUT2D eigenvalue weighted by atomic mass is 16.7. The summed E-state index contributed by atoms with van der Waals surface area (Å²) in [6.07, 6.45) is -8.71. The van der Waals surface area contributed by atoms with Crippen molar-refractivity contribution in [2.75, 3.05) is 18.5 Å². The van der Waals surface area contributed by atoms with Gasteiger partial charge in [0, 0.05) is 30.1 Å². The molecule has 6 aliphatic rings. The summed E-state index contributed by atoms with van der Waals surface area (Å²) < 4.78 is 18.6. The number of aliphatic hydroxyl groups is 10. The topological polar surface area (TPSA) is 337 Å². The van der Waals surface area contributed by atoms with Crippen molar-refractivity contribution >= 4 is 34.3 Å². The molecule has 21 nitrogen and oxygen atoms in total. The van der Waals surface area contributed by atoms with Crippen LogP contribution in [0.5, 0.6) is 0 Å². The number of hydrogen-bond donors (Lipinski definition) is 11. The lowest BCUT2D eigenvalue weighted by molar-refractivity contribution is -0.291. The molecule has 0 bridgehead atoms. The lowest BCUT2D eigenvalue weighted by atomic mass is 9.39. The van der Waals surface area contributed by atoms with E-state index >= 15 is 4.79 Å². The summed E-state index contributed by atoms with van der Waals surface area (Å²) in [7, 11) is 0. The number of imidazole rings is 1. The molecule has 18 atom stereocenters. The number of carbonyl (C=O) groups is 3. The number of nitrogens with zero attached hydrogens (tertiary/aromatic N) is 4. The van der Waals surface area contributed by atoms with E-state index in [2.05, 4.69) is 20.3 Å². The van der Waals surface area contributed by atoms with E-state index in [4.69, 9.17) is 14.2 Å². The summed E-state index contributed by atoms with van der Waals surface area (Å²) in [4.78, 5) is 56.9. The van der Waals surface area contributed by atoms with E-state index in [0.29, 0.717) is 12.0 Å². The first-order chi connectivity index (χ1) is 31.1. The third-order valence-electron chi connectivity index (χ3n) is 17.0. The maximum absolute atomic E-state index is 15.1. The fourth-order valence-electron chi connectivity index (χ4n) is 12.8. The van der Waals surface area contributed by atoms with E-state index in [-0.39, 0.29) is 41.4 Å². The zero-order chi connectivity index (χ0) is 49.3. The Hall–Kier alpha value is -3.84. The molecule has 0 spiro atoms. The van der Waals surface area contributed by atoms with E-state index in [1.807, 2.05) is 26.8 Å². The third-order valence-corrected chi connectivity index (χ3v) is 17.0. The highest BCUT2D eigenvalue weighted by Gasteiger charge is 2.74. The van der Waals surface area contributed by atoms with E-state index in [1.54, 1.807) is 13.8 Å². The van der Waals surface area contributed by atoms with Gasteiger partial charge in [0.1, 0.15) is 60.4 Å². The van der Waals surface area contributed by atoms with E-state index in [9.17, 15) is 60.7 Å². The molecule has 0 aromatic carbocycles. The minimum atomic E-state index is -2.25. The first-order valence-corrected chi connectivity index (χ1v) is 22.8. The third kappa shape index (κ3) is 7.33. The molecule has 2 aliphatic heterocycles. The molecular formula is C46H65N5O16. The van der Waals surface area contributed by atoms with Crippen molar-refractivity contribution < 1.29 is 79.7 Å². The Morgan fingerprint density at radius 1 is 0.896 bits per heavy atom. The molecule has 67 heavy (non-hydrogen) atoms. The molecule has 2 saturated heterocycles. The van der Waals surface area contributed by atoms with Crippen LogP contribution in [0, 0.1) is 39.4 Å². The first-order valence-electron chi connectivity index (χ1n) is 22.8. The molecule has 8 rings (SSSR count). The summed E-state index contributed by atoms with van der Waals surface area (Å²) in [5.41, 5.74) is -7.38. The second-order valence-electron chi connectivity index (χ2n) is 21.6. The molecule has 18 unspecified atom stereocenters. The number of fused-ring (bicyclic) bond motifs is 6. The van der Waals surface area contributed by atoms with Crippen LogP contribution in [0.25, 0.3) is 11.2 Å². The number of nitrogens with one attached hydrogen (secondary N) is 1. The zero-order valence-electron chi connectivity index (χ0n) is 38.8. The number of anilines is 1. The van der Waals surface area contributed by atoms with E-state index in [0.717, 1.165) is 0 Å². The highest BCUT2D eigenvalue weighted by Crippen LogP contribution is 2.74. The van der Waals surface area contributed by atoms with Crippen molar-refractivity contribution in [1.82, 2.24) is 19.5 Å². The lowest BCUT2D eigenvalue weighted by Crippen LogP contribution is -2.64. The maximum atomic E-state index is 15.1. The molecule has 2 aromatic rings. The second-order valence-corrected chi connectivity index (χ2v) is 21.6. The molecule has 4 heterocycles.